The molecule has 1 amide bonds. The van der Waals surface area contributed by atoms with Gasteiger partial charge >= 0.3 is 0 Å². The zero-order valence-corrected chi connectivity index (χ0v) is 14.3. The normalized spacial score (nSPS) is 11.5. The first-order valence-corrected chi connectivity index (χ1v) is 7.62. The third kappa shape index (κ3) is 4.35. The predicted molar refractivity (Wildman–Crippen MR) is 94.9 cm³/mol. The molecule has 0 aliphatic rings. The van der Waals surface area contributed by atoms with Gasteiger partial charge in [-0.2, -0.15) is 5.10 Å². The Morgan fingerprint density at radius 2 is 1.83 bits per heavy atom. The Morgan fingerprint density at radius 3 is 2.42 bits per heavy atom. The van der Waals surface area contributed by atoms with Crippen molar-refractivity contribution in [1.82, 2.24) is 5.43 Å². The van der Waals surface area contributed by atoms with E-state index < -0.39 is 0 Å². The van der Waals surface area contributed by atoms with E-state index in [1.54, 1.807) is 24.3 Å². The summed E-state index contributed by atoms with van der Waals surface area (Å²) in [7, 11) is 1.54. The maximum atomic E-state index is 12.1. The van der Waals surface area contributed by atoms with Crippen LogP contribution in [0.2, 0.25) is 0 Å². The van der Waals surface area contributed by atoms with Crippen LogP contribution >= 0.6 is 0 Å². The molecule has 0 fully saturated rings. The van der Waals surface area contributed by atoms with E-state index in [1.165, 1.54) is 19.4 Å². The highest BCUT2D eigenvalue weighted by Crippen LogP contribution is 2.22. The van der Waals surface area contributed by atoms with E-state index in [1.807, 2.05) is 12.1 Å². The summed E-state index contributed by atoms with van der Waals surface area (Å²) in [5.41, 5.74) is 4.62. The van der Waals surface area contributed by atoms with Gasteiger partial charge in [-0.25, -0.2) is 5.43 Å². The van der Waals surface area contributed by atoms with Crippen LogP contribution in [0.15, 0.2) is 47.6 Å². The molecule has 0 aliphatic carbocycles. The maximum absolute atomic E-state index is 12.1. The molecule has 0 saturated carbocycles. The van der Waals surface area contributed by atoms with Gasteiger partial charge in [-0.15, -0.1) is 0 Å². The molecule has 0 atom stereocenters. The first-order valence-electron chi connectivity index (χ1n) is 7.62. The Labute approximate surface area is 142 Å². The highest BCUT2D eigenvalue weighted by atomic mass is 16.5. The highest BCUT2D eigenvalue weighted by molar-refractivity contribution is 5.95. The molecule has 2 rings (SSSR count). The Morgan fingerprint density at radius 1 is 1.17 bits per heavy atom. The number of nitrogens with one attached hydrogen (secondary N) is 1. The highest BCUT2D eigenvalue weighted by Gasteiger charge is 2.14. The second-order valence-electron chi connectivity index (χ2n) is 6.45. The fraction of sp³-hybridized carbons (Fsp3) is 0.263. The van der Waals surface area contributed by atoms with E-state index in [2.05, 4.69) is 31.3 Å². The summed E-state index contributed by atoms with van der Waals surface area (Å²) < 4.78 is 5.09. The van der Waals surface area contributed by atoms with Crippen molar-refractivity contribution >= 4 is 12.1 Å². The minimum absolute atomic E-state index is 0.0387. The van der Waals surface area contributed by atoms with Crippen LogP contribution in [0.3, 0.4) is 0 Å². The van der Waals surface area contributed by atoms with Gasteiger partial charge < -0.3 is 9.84 Å². The molecular weight excluding hydrogens is 304 g/mol. The molecule has 0 spiro atoms. The van der Waals surface area contributed by atoms with Crippen LogP contribution in [0.25, 0.3) is 0 Å². The van der Waals surface area contributed by atoms with E-state index in [0.717, 1.165) is 5.56 Å². The van der Waals surface area contributed by atoms with E-state index in [0.29, 0.717) is 16.9 Å². The number of hydrogen-bond donors (Lipinski definition) is 2. The second-order valence-corrected chi connectivity index (χ2v) is 6.45. The number of methoxy groups -OCH3 is 1. The van der Waals surface area contributed by atoms with E-state index in [9.17, 15) is 9.90 Å². The Bertz CT molecular complexity index is 744. The van der Waals surface area contributed by atoms with Gasteiger partial charge in [0.05, 0.1) is 13.3 Å². The lowest BCUT2D eigenvalue weighted by molar-refractivity contribution is 0.0955. The molecule has 2 aromatic carbocycles. The summed E-state index contributed by atoms with van der Waals surface area (Å²) in [4.78, 5) is 12.1. The summed E-state index contributed by atoms with van der Waals surface area (Å²) in [5, 5.41) is 13.6. The molecule has 0 aromatic heterocycles. The molecule has 24 heavy (non-hydrogen) atoms. The molecule has 2 N–H and O–H groups in total. The average Bonchev–Trinajstić information content (AvgIpc) is 2.55. The SMILES string of the molecule is COc1ccc(O)c(C=NNC(=O)c2ccc(C(C)(C)C)cc2)c1. The Hall–Kier alpha value is -2.82. The fourth-order valence-electron chi connectivity index (χ4n) is 2.11. The summed E-state index contributed by atoms with van der Waals surface area (Å²) in [6.07, 6.45) is 1.37. The fourth-order valence-corrected chi connectivity index (χ4v) is 2.11. The smallest absolute Gasteiger partial charge is 0.271 e. The molecule has 0 bridgehead atoms. The minimum atomic E-state index is -0.311. The van der Waals surface area contributed by atoms with Gasteiger partial charge in [0.15, 0.2) is 0 Å². The first-order chi connectivity index (χ1) is 11.3. The third-order valence-corrected chi connectivity index (χ3v) is 3.62. The summed E-state index contributed by atoms with van der Waals surface area (Å²) in [6, 6.07) is 12.2. The van der Waals surface area contributed by atoms with Gasteiger partial charge in [0.1, 0.15) is 11.5 Å². The Kier molecular flexibility index (Phi) is 5.24. The lowest BCUT2D eigenvalue weighted by Crippen LogP contribution is -2.18. The number of amides is 1. The number of hydrazone groups is 1. The number of nitrogens with zero attached hydrogens (tertiary/aromatic N) is 1. The number of rotatable bonds is 4. The number of benzene rings is 2. The molecule has 0 aliphatic heterocycles. The van der Waals surface area contributed by atoms with Gasteiger partial charge in [-0.3, -0.25) is 4.79 Å². The van der Waals surface area contributed by atoms with Crippen LogP contribution in [0.1, 0.15) is 42.3 Å². The molecule has 0 unspecified atom stereocenters. The molecule has 0 radical (unpaired) electrons. The van der Waals surface area contributed by atoms with Crippen molar-refractivity contribution in [3.63, 3.8) is 0 Å². The van der Waals surface area contributed by atoms with Gasteiger partial charge in [0.2, 0.25) is 0 Å². The van der Waals surface area contributed by atoms with Crippen LogP contribution in [0, 0.1) is 0 Å². The standard InChI is InChI=1S/C19H22N2O3/c1-19(2,3)15-7-5-13(6-8-15)18(23)21-20-12-14-11-16(24-4)9-10-17(14)22/h5-12,22H,1-4H3,(H,21,23). The number of carbonyl (C=O) groups is 1. The van der Waals surface area contributed by atoms with Crippen molar-refractivity contribution in [1.29, 1.82) is 0 Å². The van der Waals surface area contributed by atoms with E-state index in [4.69, 9.17) is 4.74 Å². The van der Waals surface area contributed by atoms with Crippen molar-refractivity contribution < 1.29 is 14.6 Å². The van der Waals surface area contributed by atoms with E-state index in [-0.39, 0.29) is 17.1 Å². The first kappa shape index (κ1) is 17.5. The monoisotopic (exact) mass is 326 g/mol. The zero-order chi connectivity index (χ0) is 17.7. The summed E-state index contributed by atoms with van der Waals surface area (Å²) >= 11 is 0. The summed E-state index contributed by atoms with van der Waals surface area (Å²) in [6.45, 7) is 6.35. The van der Waals surface area contributed by atoms with Crippen molar-refractivity contribution in [2.24, 2.45) is 5.10 Å². The molecular formula is C19H22N2O3. The van der Waals surface area contributed by atoms with Crippen LogP contribution in [-0.4, -0.2) is 24.3 Å². The van der Waals surface area contributed by atoms with Crippen LogP contribution < -0.4 is 10.2 Å². The number of ether oxygens (including phenoxy) is 1. The maximum Gasteiger partial charge on any atom is 0.271 e. The molecule has 0 heterocycles. The molecule has 126 valence electrons. The Balaban J connectivity index is 2.05. The average molecular weight is 326 g/mol. The molecule has 5 heteroatoms. The van der Waals surface area contributed by atoms with Gasteiger partial charge in [0.25, 0.3) is 5.91 Å². The topological polar surface area (TPSA) is 70.9 Å². The minimum Gasteiger partial charge on any atom is -0.507 e. The lowest BCUT2D eigenvalue weighted by Gasteiger charge is -2.18. The van der Waals surface area contributed by atoms with E-state index >= 15 is 0 Å². The number of hydrogen-bond acceptors (Lipinski definition) is 4. The summed E-state index contributed by atoms with van der Waals surface area (Å²) in [5.74, 6) is 0.343. The van der Waals surface area contributed by atoms with Crippen molar-refractivity contribution in [3.8, 4) is 11.5 Å². The number of aromatic hydroxyl groups is 1. The van der Waals surface area contributed by atoms with Gasteiger partial charge in [0, 0.05) is 11.1 Å². The number of phenolic OH excluding ortho intramolecular Hbond substituents is 1. The van der Waals surface area contributed by atoms with Gasteiger partial charge in [-0.05, 0) is 41.3 Å². The number of phenols is 1. The van der Waals surface area contributed by atoms with Crippen molar-refractivity contribution in [2.75, 3.05) is 7.11 Å². The predicted octanol–water partition coefficient (Wildman–Crippen LogP) is 3.46. The second kappa shape index (κ2) is 7.17. The van der Waals surface area contributed by atoms with Gasteiger partial charge in [-0.1, -0.05) is 32.9 Å². The van der Waals surface area contributed by atoms with Crippen LogP contribution in [0.4, 0.5) is 0 Å². The molecule has 5 nitrogen and oxygen atoms in total. The lowest BCUT2D eigenvalue weighted by atomic mass is 9.87. The van der Waals surface area contributed by atoms with Crippen molar-refractivity contribution in [3.05, 3.63) is 59.2 Å². The largest absolute Gasteiger partial charge is 0.507 e. The van der Waals surface area contributed by atoms with Crippen LogP contribution in [-0.2, 0) is 5.41 Å². The quantitative estimate of drug-likeness (QED) is 0.667. The third-order valence-electron chi connectivity index (χ3n) is 3.62. The molecule has 2 aromatic rings. The van der Waals surface area contributed by atoms with Crippen molar-refractivity contribution in [2.45, 2.75) is 26.2 Å². The molecule has 0 saturated heterocycles. The zero-order valence-electron chi connectivity index (χ0n) is 14.3. The number of carbonyl (C=O) groups excluding carboxylic acids is 1. The van der Waals surface area contributed by atoms with Crippen LogP contribution in [0.5, 0.6) is 11.5 Å².